The normalized spacial score (nSPS) is 14.8. The molecule has 0 bridgehead atoms. The summed E-state index contributed by atoms with van der Waals surface area (Å²) >= 11 is 7.74. The van der Waals surface area contributed by atoms with Crippen LogP contribution in [0.4, 0.5) is 0 Å². The van der Waals surface area contributed by atoms with Crippen molar-refractivity contribution in [2.24, 2.45) is 5.92 Å². The van der Waals surface area contributed by atoms with Gasteiger partial charge in [0, 0.05) is 21.8 Å². The highest BCUT2D eigenvalue weighted by molar-refractivity contribution is 7.13. The summed E-state index contributed by atoms with van der Waals surface area (Å²) in [7, 11) is 0. The van der Waals surface area contributed by atoms with Gasteiger partial charge in [-0.25, -0.2) is 0 Å². The van der Waals surface area contributed by atoms with Crippen LogP contribution in [0.25, 0.3) is 21.5 Å². The SMILES string of the molecule is O=C(c1c(-c2cccs2)[nH]c2ccc(Cl)cc12)C1CC1. The Balaban J connectivity index is 2.01. The van der Waals surface area contributed by atoms with E-state index in [1.807, 2.05) is 35.7 Å². The highest BCUT2D eigenvalue weighted by Crippen LogP contribution is 2.40. The van der Waals surface area contributed by atoms with Gasteiger partial charge in [-0.1, -0.05) is 17.7 Å². The number of halogens is 1. The molecule has 0 atom stereocenters. The molecule has 1 aliphatic carbocycles. The number of rotatable bonds is 3. The van der Waals surface area contributed by atoms with Crippen LogP contribution >= 0.6 is 22.9 Å². The second-order valence-electron chi connectivity index (χ2n) is 5.18. The first-order chi connectivity index (χ1) is 9.74. The molecule has 0 amide bonds. The second-order valence-corrected chi connectivity index (χ2v) is 6.56. The maximum Gasteiger partial charge on any atom is 0.168 e. The summed E-state index contributed by atoms with van der Waals surface area (Å²) in [6.07, 6.45) is 2.02. The van der Waals surface area contributed by atoms with E-state index in [-0.39, 0.29) is 11.7 Å². The van der Waals surface area contributed by atoms with Crippen LogP contribution in [0.1, 0.15) is 23.2 Å². The fourth-order valence-corrected chi connectivity index (χ4v) is 3.48. The minimum Gasteiger partial charge on any atom is -0.353 e. The van der Waals surface area contributed by atoms with Crippen molar-refractivity contribution >= 4 is 39.6 Å². The molecule has 0 saturated heterocycles. The monoisotopic (exact) mass is 301 g/mol. The molecule has 20 heavy (non-hydrogen) atoms. The van der Waals surface area contributed by atoms with Crippen molar-refractivity contribution in [2.45, 2.75) is 12.8 Å². The zero-order valence-electron chi connectivity index (χ0n) is 10.7. The third-order valence-electron chi connectivity index (χ3n) is 3.72. The number of thiophene rings is 1. The molecular formula is C16H12ClNOS. The Labute approximate surface area is 125 Å². The molecule has 4 rings (SSSR count). The minimum absolute atomic E-state index is 0.201. The Morgan fingerprint density at radius 3 is 2.85 bits per heavy atom. The van der Waals surface area contributed by atoms with Gasteiger partial charge in [0.1, 0.15) is 0 Å². The lowest BCUT2D eigenvalue weighted by Crippen LogP contribution is -2.02. The Morgan fingerprint density at radius 1 is 1.30 bits per heavy atom. The van der Waals surface area contributed by atoms with Crippen LogP contribution in [0.15, 0.2) is 35.7 Å². The number of nitrogens with one attached hydrogen (secondary N) is 1. The van der Waals surface area contributed by atoms with Crippen LogP contribution < -0.4 is 0 Å². The summed E-state index contributed by atoms with van der Waals surface area (Å²) in [5.74, 6) is 0.452. The maximum absolute atomic E-state index is 12.7. The van der Waals surface area contributed by atoms with Gasteiger partial charge in [0.2, 0.25) is 0 Å². The predicted molar refractivity (Wildman–Crippen MR) is 83.7 cm³/mol. The van der Waals surface area contributed by atoms with E-state index in [0.717, 1.165) is 39.9 Å². The van der Waals surface area contributed by atoms with E-state index in [4.69, 9.17) is 11.6 Å². The number of benzene rings is 1. The first-order valence-electron chi connectivity index (χ1n) is 6.63. The van der Waals surface area contributed by atoms with E-state index in [1.54, 1.807) is 11.3 Å². The van der Waals surface area contributed by atoms with Crippen molar-refractivity contribution in [1.29, 1.82) is 0 Å². The Kier molecular flexibility index (Phi) is 2.72. The number of aromatic nitrogens is 1. The Bertz CT molecular complexity index is 799. The van der Waals surface area contributed by atoms with Gasteiger partial charge in [0.15, 0.2) is 5.78 Å². The van der Waals surface area contributed by atoms with E-state index in [9.17, 15) is 4.79 Å². The van der Waals surface area contributed by atoms with Gasteiger partial charge in [-0.2, -0.15) is 0 Å². The Hall–Kier alpha value is -1.58. The van der Waals surface area contributed by atoms with Crippen LogP contribution in [-0.2, 0) is 0 Å². The number of hydrogen-bond donors (Lipinski definition) is 1. The lowest BCUT2D eigenvalue weighted by Gasteiger charge is -2.01. The number of H-pyrrole nitrogens is 1. The van der Waals surface area contributed by atoms with Gasteiger partial charge in [-0.15, -0.1) is 11.3 Å². The quantitative estimate of drug-likeness (QED) is 0.667. The zero-order valence-corrected chi connectivity index (χ0v) is 12.2. The molecule has 1 saturated carbocycles. The maximum atomic E-state index is 12.7. The largest absolute Gasteiger partial charge is 0.353 e. The number of hydrogen-bond acceptors (Lipinski definition) is 2. The number of carbonyl (C=O) groups excluding carboxylic acids is 1. The molecule has 1 N–H and O–H groups in total. The summed E-state index contributed by atoms with van der Waals surface area (Å²) in [5.41, 5.74) is 2.73. The molecule has 0 aliphatic heterocycles. The van der Waals surface area contributed by atoms with Crippen molar-refractivity contribution in [3.05, 3.63) is 46.3 Å². The summed E-state index contributed by atoms with van der Waals surface area (Å²) in [5, 5.41) is 3.64. The number of carbonyl (C=O) groups is 1. The molecule has 2 heterocycles. The summed E-state index contributed by atoms with van der Waals surface area (Å²) in [4.78, 5) is 17.1. The van der Waals surface area contributed by atoms with Crippen molar-refractivity contribution in [2.75, 3.05) is 0 Å². The van der Waals surface area contributed by atoms with Crippen LogP contribution in [0, 0.1) is 5.92 Å². The molecule has 4 heteroatoms. The molecule has 2 aromatic heterocycles. The summed E-state index contributed by atoms with van der Waals surface area (Å²) in [6.45, 7) is 0. The number of aromatic amines is 1. The molecule has 1 aromatic carbocycles. The molecule has 100 valence electrons. The van der Waals surface area contributed by atoms with Crippen molar-refractivity contribution < 1.29 is 4.79 Å². The molecule has 2 nitrogen and oxygen atoms in total. The summed E-state index contributed by atoms with van der Waals surface area (Å²) in [6, 6.07) is 9.73. The van der Waals surface area contributed by atoms with Gasteiger partial charge in [-0.3, -0.25) is 4.79 Å². The average molecular weight is 302 g/mol. The fourth-order valence-electron chi connectivity index (χ4n) is 2.58. The van der Waals surface area contributed by atoms with E-state index < -0.39 is 0 Å². The van der Waals surface area contributed by atoms with Gasteiger partial charge < -0.3 is 4.98 Å². The van der Waals surface area contributed by atoms with E-state index in [2.05, 4.69) is 4.98 Å². The lowest BCUT2D eigenvalue weighted by atomic mass is 10.0. The van der Waals surface area contributed by atoms with Crippen LogP contribution in [0.3, 0.4) is 0 Å². The second kappa shape index (κ2) is 4.47. The molecule has 1 aliphatic rings. The zero-order chi connectivity index (χ0) is 13.7. The highest BCUT2D eigenvalue weighted by atomic mass is 35.5. The third-order valence-corrected chi connectivity index (χ3v) is 4.85. The van der Waals surface area contributed by atoms with Crippen molar-refractivity contribution in [1.82, 2.24) is 4.98 Å². The van der Waals surface area contributed by atoms with E-state index in [1.165, 1.54) is 0 Å². The molecule has 3 aromatic rings. The topological polar surface area (TPSA) is 32.9 Å². The standard InChI is InChI=1S/C16H12ClNOS/c17-10-5-6-12-11(8-10)14(16(19)9-3-4-9)15(18-12)13-2-1-7-20-13/h1-2,5-9,18H,3-4H2. The average Bonchev–Trinajstić information content (AvgIpc) is 3.01. The van der Waals surface area contributed by atoms with Gasteiger partial charge in [-0.05, 0) is 42.5 Å². The number of Topliss-reactive ketones (excluding diaryl/α,β-unsaturated/α-hetero) is 1. The highest BCUT2D eigenvalue weighted by Gasteiger charge is 2.34. The van der Waals surface area contributed by atoms with Crippen LogP contribution in [0.5, 0.6) is 0 Å². The van der Waals surface area contributed by atoms with Crippen molar-refractivity contribution in [3.63, 3.8) is 0 Å². The fraction of sp³-hybridized carbons (Fsp3) is 0.188. The van der Waals surface area contributed by atoms with E-state index in [0.29, 0.717) is 5.02 Å². The van der Waals surface area contributed by atoms with Gasteiger partial charge >= 0.3 is 0 Å². The Morgan fingerprint density at radius 2 is 2.15 bits per heavy atom. The smallest absolute Gasteiger partial charge is 0.168 e. The minimum atomic E-state index is 0.201. The number of fused-ring (bicyclic) bond motifs is 1. The van der Waals surface area contributed by atoms with Gasteiger partial charge in [0.25, 0.3) is 0 Å². The van der Waals surface area contributed by atoms with E-state index >= 15 is 0 Å². The molecule has 1 fully saturated rings. The first-order valence-corrected chi connectivity index (χ1v) is 7.89. The molecule has 0 radical (unpaired) electrons. The lowest BCUT2D eigenvalue weighted by molar-refractivity contribution is 0.0970. The van der Waals surface area contributed by atoms with Crippen LogP contribution in [-0.4, -0.2) is 10.8 Å². The van der Waals surface area contributed by atoms with Gasteiger partial charge in [0.05, 0.1) is 16.1 Å². The summed E-state index contributed by atoms with van der Waals surface area (Å²) < 4.78 is 0. The third kappa shape index (κ3) is 1.89. The molecular weight excluding hydrogens is 290 g/mol. The molecule has 0 spiro atoms. The van der Waals surface area contributed by atoms with Crippen LogP contribution in [0.2, 0.25) is 5.02 Å². The van der Waals surface area contributed by atoms with Crippen molar-refractivity contribution in [3.8, 4) is 10.6 Å². The molecule has 0 unspecified atom stereocenters. The number of ketones is 1. The first kappa shape index (κ1) is 12.2. The predicted octanol–water partition coefficient (Wildman–Crippen LogP) is 5.14.